The first kappa shape index (κ1) is 14.5. The highest BCUT2D eigenvalue weighted by Crippen LogP contribution is 2.26. The van der Waals surface area contributed by atoms with Crippen LogP contribution >= 0.6 is 11.3 Å². The van der Waals surface area contributed by atoms with Crippen LogP contribution in [0, 0.1) is 19.8 Å². The first-order valence-electron chi connectivity index (χ1n) is 7.44. The number of aromatic nitrogens is 2. The van der Waals surface area contributed by atoms with Gasteiger partial charge in [-0.15, -0.1) is 11.3 Å². The summed E-state index contributed by atoms with van der Waals surface area (Å²) in [5.74, 6) is 1.41. The topological polar surface area (TPSA) is 49.0 Å². The summed E-state index contributed by atoms with van der Waals surface area (Å²) in [5.41, 5.74) is 2.25. The number of hydrogen-bond donors (Lipinski definition) is 1. The molecule has 0 amide bonds. The highest BCUT2D eigenvalue weighted by Gasteiger charge is 2.28. The molecule has 1 N–H and O–H groups in total. The second kappa shape index (κ2) is 6.12. The second-order valence-electron chi connectivity index (χ2n) is 5.87. The van der Waals surface area contributed by atoms with Gasteiger partial charge in [0.1, 0.15) is 5.82 Å². The summed E-state index contributed by atoms with van der Waals surface area (Å²) in [6.45, 7) is 6.76. The van der Waals surface area contributed by atoms with Crippen LogP contribution in [0.2, 0.25) is 0 Å². The van der Waals surface area contributed by atoms with Crippen molar-refractivity contribution in [1.29, 1.82) is 0 Å². The molecule has 0 bridgehead atoms. The van der Waals surface area contributed by atoms with E-state index in [4.69, 9.17) is 0 Å². The molecule has 0 unspecified atom stereocenters. The Morgan fingerprint density at radius 2 is 2.38 bits per heavy atom. The molecule has 1 aliphatic heterocycles. The molecular weight excluding hydrogens is 282 g/mol. The van der Waals surface area contributed by atoms with E-state index in [2.05, 4.69) is 14.9 Å². The van der Waals surface area contributed by atoms with Crippen molar-refractivity contribution in [1.82, 2.24) is 14.9 Å². The first-order valence-corrected chi connectivity index (χ1v) is 8.32. The van der Waals surface area contributed by atoms with Gasteiger partial charge in [0, 0.05) is 30.9 Å². The molecule has 0 spiro atoms. The Balaban J connectivity index is 1.65. The van der Waals surface area contributed by atoms with Gasteiger partial charge in [0.05, 0.1) is 4.88 Å². The van der Waals surface area contributed by atoms with Gasteiger partial charge in [0.15, 0.2) is 5.78 Å². The number of nitrogens with one attached hydrogen (secondary N) is 1. The largest absolute Gasteiger partial charge is 0.345 e. The number of carbonyl (C=O) groups excluding carboxylic acids is 1. The molecule has 3 rings (SSSR count). The van der Waals surface area contributed by atoms with E-state index in [1.54, 1.807) is 11.3 Å². The van der Waals surface area contributed by atoms with E-state index in [9.17, 15) is 4.79 Å². The van der Waals surface area contributed by atoms with Gasteiger partial charge in [-0.3, -0.25) is 9.69 Å². The van der Waals surface area contributed by atoms with Gasteiger partial charge in [-0.2, -0.15) is 0 Å². The zero-order valence-electron chi connectivity index (χ0n) is 12.6. The Hall–Kier alpha value is -1.46. The molecule has 1 fully saturated rings. The van der Waals surface area contributed by atoms with Crippen molar-refractivity contribution in [2.45, 2.75) is 33.2 Å². The Morgan fingerprint density at radius 1 is 1.52 bits per heavy atom. The lowest BCUT2D eigenvalue weighted by Gasteiger charge is -2.31. The van der Waals surface area contributed by atoms with Gasteiger partial charge < -0.3 is 4.98 Å². The number of nitrogens with zero attached hydrogens (tertiary/aromatic N) is 2. The summed E-state index contributed by atoms with van der Waals surface area (Å²) in [4.78, 5) is 23.5. The Bertz CT molecular complexity index is 631. The monoisotopic (exact) mass is 303 g/mol. The number of piperidine rings is 1. The van der Waals surface area contributed by atoms with Crippen molar-refractivity contribution in [2.75, 3.05) is 13.1 Å². The van der Waals surface area contributed by atoms with Crippen LogP contribution < -0.4 is 0 Å². The van der Waals surface area contributed by atoms with Gasteiger partial charge in [-0.25, -0.2) is 4.98 Å². The molecule has 1 atom stereocenters. The number of Topliss-reactive ketones (excluding diaryl/α,β-unsaturated/α-hetero) is 1. The van der Waals surface area contributed by atoms with Crippen LogP contribution in [0.5, 0.6) is 0 Å². The number of imidazole rings is 1. The molecule has 0 aromatic carbocycles. The zero-order valence-corrected chi connectivity index (χ0v) is 13.4. The molecule has 2 aromatic heterocycles. The predicted molar refractivity (Wildman–Crippen MR) is 84.7 cm³/mol. The predicted octanol–water partition coefficient (Wildman–Crippen LogP) is 3.18. The van der Waals surface area contributed by atoms with E-state index in [-0.39, 0.29) is 5.92 Å². The molecule has 0 aliphatic carbocycles. The lowest BCUT2D eigenvalue weighted by atomic mass is 9.92. The van der Waals surface area contributed by atoms with Crippen molar-refractivity contribution >= 4 is 17.1 Å². The number of rotatable bonds is 4. The lowest BCUT2D eigenvalue weighted by molar-refractivity contribution is 0.0814. The maximum atomic E-state index is 12.6. The van der Waals surface area contributed by atoms with Crippen molar-refractivity contribution < 1.29 is 4.79 Å². The number of H-pyrrole nitrogens is 1. The van der Waals surface area contributed by atoms with Crippen LogP contribution in [0.4, 0.5) is 0 Å². The molecule has 21 heavy (non-hydrogen) atoms. The molecule has 0 radical (unpaired) electrons. The molecule has 1 saturated heterocycles. The summed E-state index contributed by atoms with van der Waals surface area (Å²) in [5, 5.41) is 2.01. The third kappa shape index (κ3) is 3.24. The molecule has 112 valence electrons. The van der Waals surface area contributed by atoms with Crippen LogP contribution in [0.1, 0.15) is 39.6 Å². The van der Waals surface area contributed by atoms with Crippen LogP contribution in [0.25, 0.3) is 0 Å². The second-order valence-corrected chi connectivity index (χ2v) is 6.78. The molecule has 3 heterocycles. The maximum absolute atomic E-state index is 12.6. The van der Waals surface area contributed by atoms with Crippen LogP contribution in [-0.4, -0.2) is 33.7 Å². The smallest absolute Gasteiger partial charge is 0.177 e. The summed E-state index contributed by atoms with van der Waals surface area (Å²) in [7, 11) is 0. The first-order chi connectivity index (χ1) is 10.1. The number of ketones is 1. The highest BCUT2D eigenvalue weighted by molar-refractivity contribution is 7.12. The number of carbonyl (C=O) groups is 1. The fourth-order valence-electron chi connectivity index (χ4n) is 3.02. The van der Waals surface area contributed by atoms with Gasteiger partial charge in [0.25, 0.3) is 0 Å². The Labute approximate surface area is 129 Å². The average molecular weight is 303 g/mol. The Kier molecular flexibility index (Phi) is 4.22. The van der Waals surface area contributed by atoms with E-state index in [1.807, 2.05) is 31.5 Å². The Morgan fingerprint density at radius 3 is 3.05 bits per heavy atom. The van der Waals surface area contributed by atoms with Gasteiger partial charge in [0.2, 0.25) is 0 Å². The fourth-order valence-corrected chi connectivity index (χ4v) is 3.96. The van der Waals surface area contributed by atoms with Gasteiger partial charge in [-0.05, 0) is 50.2 Å². The molecule has 0 saturated carbocycles. The number of thiophene rings is 1. The number of hydrogen-bond acceptors (Lipinski definition) is 4. The van der Waals surface area contributed by atoms with Crippen molar-refractivity contribution in [2.24, 2.45) is 5.92 Å². The van der Waals surface area contributed by atoms with Crippen molar-refractivity contribution in [3.63, 3.8) is 0 Å². The standard InChI is InChI=1S/C16H21N3OS/c1-11-5-7-21-16(11)15(20)13-4-3-6-19(9-13)10-14-8-17-12(2)18-14/h5,7-8,13H,3-4,6,9-10H2,1-2H3,(H,17,18)/t13-/m1/s1. The average Bonchev–Trinajstić information content (AvgIpc) is 3.07. The number of likely N-dealkylation sites (tertiary alicyclic amines) is 1. The summed E-state index contributed by atoms with van der Waals surface area (Å²) < 4.78 is 0. The number of aryl methyl sites for hydroxylation is 2. The third-order valence-electron chi connectivity index (χ3n) is 4.11. The minimum atomic E-state index is 0.139. The minimum Gasteiger partial charge on any atom is -0.345 e. The minimum absolute atomic E-state index is 0.139. The van der Waals surface area contributed by atoms with Crippen molar-refractivity contribution in [3.05, 3.63) is 39.6 Å². The van der Waals surface area contributed by atoms with E-state index < -0.39 is 0 Å². The molecular formula is C16H21N3OS. The van der Waals surface area contributed by atoms with Crippen LogP contribution in [-0.2, 0) is 6.54 Å². The molecule has 1 aliphatic rings. The van der Waals surface area contributed by atoms with Crippen LogP contribution in [0.15, 0.2) is 17.6 Å². The van der Waals surface area contributed by atoms with Gasteiger partial charge >= 0.3 is 0 Å². The molecule has 4 nitrogen and oxygen atoms in total. The lowest BCUT2D eigenvalue weighted by Crippen LogP contribution is -2.38. The normalized spacial score (nSPS) is 19.8. The van der Waals surface area contributed by atoms with E-state index in [0.29, 0.717) is 5.78 Å². The third-order valence-corrected chi connectivity index (χ3v) is 5.14. The zero-order chi connectivity index (χ0) is 14.8. The SMILES string of the molecule is Cc1ncc(CN2CCC[C@@H](C(=O)c3sccc3C)C2)[nH]1. The van der Waals surface area contributed by atoms with Crippen molar-refractivity contribution in [3.8, 4) is 0 Å². The maximum Gasteiger partial charge on any atom is 0.177 e. The highest BCUT2D eigenvalue weighted by atomic mass is 32.1. The summed E-state index contributed by atoms with van der Waals surface area (Å²) in [6, 6.07) is 2.03. The summed E-state index contributed by atoms with van der Waals surface area (Å²) in [6.07, 6.45) is 3.99. The molecule has 2 aromatic rings. The molecule has 5 heteroatoms. The van der Waals surface area contributed by atoms with E-state index >= 15 is 0 Å². The van der Waals surface area contributed by atoms with Crippen LogP contribution in [0.3, 0.4) is 0 Å². The van der Waals surface area contributed by atoms with Gasteiger partial charge in [-0.1, -0.05) is 0 Å². The van der Waals surface area contributed by atoms with E-state index in [0.717, 1.165) is 54.4 Å². The van der Waals surface area contributed by atoms with E-state index in [1.165, 1.54) is 0 Å². The summed E-state index contributed by atoms with van der Waals surface area (Å²) >= 11 is 1.58. The fraction of sp³-hybridized carbons (Fsp3) is 0.500. The number of aromatic amines is 1. The quantitative estimate of drug-likeness (QED) is 0.883.